The maximum Gasteiger partial charge on any atom is 0.290 e. The van der Waals surface area contributed by atoms with Crippen molar-refractivity contribution in [1.82, 2.24) is 5.32 Å². The van der Waals surface area contributed by atoms with E-state index in [1.165, 1.54) is 0 Å². The fraction of sp³-hybridized carbons (Fsp3) is 0.375. The van der Waals surface area contributed by atoms with Crippen LogP contribution in [-0.2, 0) is 4.79 Å². The van der Waals surface area contributed by atoms with Crippen molar-refractivity contribution >= 4 is 37.3 Å². The second kappa shape index (κ2) is 5.93. The maximum atomic E-state index is 11.5. The third-order valence-electron chi connectivity index (χ3n) is 4.00. The summed E-state index contributed by atoms with van der Waals surface area (Å²) >= 11 is 0.923. The minimum absolute atomic E-state index is 0.145. The molecule has 2 rings (SSSR count). The zero-order valence-electron chi connectivity index (χ0n) is 13.5. The first-order valence-corrected chi connectivity index (χ1v) is 10.8. The molecule has 1 aliphatic rings. The van der Waals surface area contributed by atoms with Crippen LogP contribution >= 0.6 is 11.8 Å². The van der Waals surface area contributed by atoms with Gasteiger partial charge in [0.15, 0.2) is 0 Å². The fourth-order valence-electron chi connectivity index (χ4n) is 1.65. The SMILES string of the molecule is CC(C)(C)[Si](C)(C)Oc1ccc(/C=C2\SC(=O)NC2=O)cc1. The monoisotopic (exact) mass is 335 g/mol. The fourth-order valence-corrected chi connectivity index (χ4v) is 3.37. The van der Waals surface area contributed by atoms with Gasteiger partial charge < -0.3 is 4.43 Å². The van der Waals surface area contributed by atoms with E-state index in [2.05, 4.69) is 39.2 Å². The second-order valence-electron chi connectivity index (χ2n) is 6.78. The van der Waals surface area contributed by atoms with Crippen LogP contribution in [0.1, 0.15) is 26.3 Å². The summed E-state index contributed by atoms with van der Waals surface area (Å²) in [5, 5.41) is 2.06. The molecule has 22 heavy (non-hydrogen) atoms. The standard InChI is InChI=1S/C16H21NO3SSi/c1-16(2,3)22(4,5)20-12-8-6-11(7-9-12)10-13-14(18)17-15(19)21-13/h6-10H,1-5H3,(H,17,18,19)/b13-10-. The molecule has 0 bridgehead atoms. The number of rotatable bonds is 3. The summed E-state index contributed by atoms with van der Waals surface area (Å²) in [6.45, 7) is 11.0. The molecule has 1 aromatic rings. The number of carbonyl (C=O) groups excluding carboxylic acids is 2. The van der Waals surface area contributed by atoms with Crippen LogP contribution in [0.2, 0.25) is 18.1 Å². The van der Waals surface area contributed by atoms with Crippen molar-refractivity contribution in [1.29, 1.82) is 0 Å². The number of carbonyl (C=O) groups is 2. The Balaban J connectivity index is 2.13. The van der Waals surface area contributed by atoms with E-state index in [4.69, 9.17) is 4.43 Å². The Kier molecular flexibility index (Phi) is 4.53. The molecule has 118 valence electrons. The van der Waals surface area contributed by atoms with E-state index in [1.54, 1.807) is 6.08 Å². The molecule has 1 fully saturated rings. The number of amides is 2. The number of hydrogen-bond donors (Lipinski definition) is 1. The van der Waals surface area contributed by atoms with E-state index in [0.29, 0.717) is 4.91 Å². The first-order valence-electron chi connectivity index (χ1n) is 7.12. The first-order chi connectivity index (χ1) is 10.1. The number of nitrogens with one attached hydrogen (secondary N) is 1. The van der Waals surface area contributed by atoms with Gasteiger partial charge in [-0.1, -0.05) is 32.9 Å². The quantitative estimate of drug-likeness (QED) is 0.657. The van der Waals surface area contributed by atoms with Crippen LogP contribution < -0.4 is 9.74 Å². The van der Waals surface area contributed by atoms with Crippen molar-refractivity contribution in [2.75, 3.05) is 0 Å². The van der Waals surface area contributed by atoms with Crippen LogP contribution in [-0.4, -0.2) is 19.5 Å². The molecule has 0 aromatic heterocycles. The molecule has 0 spiro atoms. The van der Waals surface area contributed by atoms with Crippen molar-refractivity contribution in [3.05, 3.63) is 34.7 Å². The van der Waals surface area contributed by atoms with Crippen LogP contribution in [0.4, 0.5) is 4.79 Å². The highest BCUT2D eigenvalue weighted by atomic mass is 32.2. The molecule has 4 nitrogen and oxygen atoms in total. The molecule has 1 saturated heterocycles. The lowest BCUT2D eigenvalue weighted by molar-refractivity contribution is -0.115. The summed E-state index contributed by atoms with van der Waals surface area (Å²) < 4.78 is 6.21. The molecule has 0 radical (unpaired) electrons. The Hall–Kier alpha value is -1.53. The highest BCUT2D eigenvalue weighted by Crippen LogP contribution is 2.37. The normalized spacial score (nSPS) is 17.8. The van der Waals surface area contributed by atoms with Crippen molar-refractivity contribution in [3.8, 4) is 5.75 Å². The van der Waals surface area contributed by atoms with Gasteiger partial charge >= 0.3 is 0 Å². The van der Waals surface area contributed by atoms with Gasteiger partial charge in [-0.25, -0.2) is 0 Å². The number of imide groups is 1. The third kappa shape index (κ3) is 3.81. The lowest BCUT2D eigenvalue weighted by Gasteiger charge is -2.36. The van der Waals surface area contributed by atoms with Gasteiger partial charge in [0.05, 0.1) is 4.91 Å². The van der Waals surface area contributed by atoms with Crippen LogP contribution in [0.15, 0.2) is 29.2 Å². The molecule has 0 atom stereocenters. The van der Waals surface area contributed by atoms with Crippen molar-refractivity contribution in [3.63, 3.8) is 0 Å². The van der Waals surface area contributed by atoms with Gasteiger partial charge in [-0.3, -0.25) is 14.9 Å². The Morgan fingerprint density at radius 1 is 1.14 bits per heavy atom. The van der Waals surface area contributed by atoms with Crippen LogP contribution in [0.25, 0.3) is 6.08 Å². The predicted molar refractivity (Wildman–Crippen MR) is 93.4 cm³/mol. The average Bonchev–Trinajstić information content (AvgIpc) is 2.68. The molecule has 1 aliphatic heterocycles. The predicted octanol–water partition coefficient (Wildman–Crippen LogP) is 4.39. The zero-order chi connectivity index (χ0) is 16.5. The summed E-state index contributed by atoms with van der Waals surface area (Å²) in [6, 6.07) is 7.61. The topological polar surface area (TPSA) is 55.4 Å². The summed E-state index contributed by atoms with van der Waals surface area (Å²) in [5.74, 6) is 0.505. The number of hydrogen-bond acceptors (Lipinski definition) is 4. The van der Waals surface area contributed by atoms with E-state index >= 15 is 0 Å². The molecule has 1 heterocycles. The van der Waals surface area contributed by atoms with Crippen molar-refractivity contribution in [2.24, 2.45) is 0 Å². The van der Waals surface area contributed by atoms with Crippen LogP contribution in [0.3, 0.4) is 0 Å². The van der Waals surface area contributed by atoms with Crippen molar-refractivity contribution in [2.45, 2.75) is 38.9 Å². The molecular weight excluding hydrogens is 314 g/mol. The molecule has 0 aliphatic carbocycles. The average molecular weight is 336 g/mol. The summed E-state index contributed by atoms with van der Waals surface area (Å²) in [5.41, 5.74) is 0.870. The van der Waals surface area contributed by atoms with Gasteiger partial charge in [-0.2, -0.15) is 0 Å². The Morgan fingerprint density at radius 3 is 2.18 bits per heavy atom. The van der Waals surface area contributed by atoms with Gasteiger partial charge in [0.2, 0.25) is 8.32 Å². The van der Waals surface area contributed by atoms with Gasteiger partial charge in [0.1, 0.15) is 5.75 Å². The summed E-state index contributed by atoms with van der Waals surface area (Å²) in [7, 11) is -1.85. The van der Waals surface area contributed by atoms with Crippen molar-refractivity contribution < 1.29 is 14.0 Å². The minimum atomic E-state index is -1.85. The molecule has 1 N–H and O–H groups in total. The first kappa shape index (κ1) is 16.8. The largest absolute Gasteiger partial charge is 0.544 e. The van der Waals surface area contributed by atoms with Gasteiger partial charge in [0.25, 0.3) is 11.1 Å². The van der Waals surface area contributed by atoms with E-state index in [9.17, 15) is 9.59 Å². The Labute approximate surface area is 136 Å². The van der Waals surface area contributed by atoms with E-state index in [-0.39, 0.29) is 16.2 Å². The maximum absolute atomic E-state index is 11.5. The zero-order valence-corrected chi connectivity index (χ0v) is 15.3. The van der Waals surface area contributed by atoms with Gasteiger partial charge in [-0.15, -0.1) is 0 Å². The van der Waals surface area contributed by atoms with Crippen LogP contribution in [0, 0.1) is 0 Å². The van der Waals surface area contributed by atoms with E-state index < -0.39 is 8.32 Å². The molecule has 1 aromatic carbocycles. The van der Waals surface area contributed by atoms with Gasteiger partial charge in [0, 0.05) is 0 Å². The summed E-state index contributed by atoms with van der Waals surface area (Å²) in [6.07, 6.45) is 1.71. The molecule has 6 heteroatoms. The van der Waals surface area contributed by atoms with E-state index in [1.807, 2.05) is 24.3 Å². The smallest absolute Gasteiger partial charge is 0.290 e. The number of thioether (sulfide) groups is 1. The summed E-state index contributed by atoms with van der Waals surface area (Å²) in [4.78, 5) is 23.1. The molecule has 2 amide bonds. The third-order valence-corrected chi connectivity index (χ3v) is 9.17. The lowest BCUT2D eigenvalue weighted by Crippen LogP contribution is -2.43. The van der Waals surface area contributed by atoms with Gasteiger partial charge in [-0.05, 0) is 53.7 Å². The highest BCUT2D eigenvalue weighted by Gasteiger charge is 2.38. The number of benzene rings is 1. The minimum Gasteiger partial charge on any atom is -0.544 e. The van der Waals surface area contributed by atoms with E-state index in [0.717, 1.165) is 23.1 Å². The lowest BCUT2D eigenvalue weighted by atomic mass is 10.2. The molecular formula is C16H21NO3SSi. The molecule has 0 unspecified atom stereocenters. The van der Waals surface area contributed by atoms with Crippen LogP contribution in [0.5, 0.6) is 5.75 Å². The Bertz CT molecular complexity index is 630. The highest BCUT2D eigenvalue weighted by molar-refractivity contribution is 8.18. The molecule has 0 saturated carbocycles. The Morgan fingerprint density at radius 2 is 1.73 bits per heavy atom. The second-order valence-corrected chi connectivity index (χ2v) is 12.5.